The topological polar surface area (TPSA) is 13.1 Å². The maximum atomic E-state index is 2.74. The van der Waals surface area contributed by atoms with Gasteiger partial charge in [-0.15, -0.1) is 0 Å². The van der Waals surface area contributed by atoms with Gasteiger partial charge in [0.05, 0.1) is 33.4 Å². The van der Waals surface area contributed by atoms with Gasteiger partial charge < -0.3 is 14.0 Å². The van der Waals surface area contributed by atoms with Gasteiger partial charge >= 0.3 is 0 Å². The lowest BCUT2D eigenvalue weighted by Crippen LogP contribution is -2.68. The van der Waals surface area contributed by atoms with Gasteiger partial charge in [0.25, 0.3) is 0 Å². The summed E-state index contributed by atoms with van der Waals surface area (Å²) in [6, 6.07) is 91.4. The average Bonchev–Trinajstić information content (AvgIpc) is 4.07. The lowest BCUT2D eigenvalue weighted by atomic mass is 9.34. The third-order valence-corrected chi connectivity index (χ3v) is 19.5. The number of hydrogen-bond acceptors (Lipinski definition) is 1. The summed E-state index contributed by atoms with van der Waals surface area (Å²) in [7, 11) is -1.08. The molecule has 2 aliphatic rings. The number of para-hydroxylation sites is 5. The summed E-state index contributed by atoms with van der Waals surface area (Å²) >= 11 is 0. The Kier molecular flexibility index (Phi) is 10.3. The van der Waals surface area contributed by atoms with Crippen LogP contribution in [0, 0.1) is 13.8 Å². The van der Waals surface area contributed by atoms with E-state index in [2.05, 4.69) is 291 Å². The maximum absolute atomic E-state index is 2.74. The largest absolute Gasteiger partial charge is 0.310 e. The molecule has 366 valence electrons. The van der Waals surface area contributed by atoms with Crippen LogP contribution in [0.3, 0.4) is 0 Å². The molecule has 0 N–H and O–H groups in total. The van der Waals surface area contributed by atoms with Gasteiger partial charge in [-0.3, -0.25) is 0 Å². The summed E-state index contributed by atoms with van der Waals surface area (Å²) in [6.45, 7) is 11.9. The van der Waals surface area contributed by atoms with E-state index in [4.69, 9.17) is 0 Å². The number of nitrogens with zero attached hydrogens (tertiary/aromatic N) is 3. The molecule has 2 aromatic heterocycles. The fraction of sp³-hybridized carbons (Fsp3) is 0.0833. The summed E-state index contributed by atoms with van der Waals surface area (Å²) in [5.74, 6) is 0. The first kappa shape index (κ1) is 45.7. The Balaban J connectivity index is 1.11. The first-order valence-corrected chi connectivity index (χ1v) is 28.4. The number of aromatic nitrogens is 2. The SMILES string of the molecule is Cc1c(-n2c3ccccc3c3ccccc32)ccc2c1N(c1c(-c3ccccc3)cccc1-c1ccccc1)c1cc(C(C)(C)C)cc3c1B2c1ccc(-n2c4ccccc4c4ccccc42)c(C)c1P3c1ccccc1. The van der Waals surface area contributed by atoms with Gasteiger partial charge in [-0.25, -0.2) is 0 Å². The van der Waals surface area contributed by atoms with E-state index in [0.717, 1.165) is 0 Å². The minimum Gasteiger partial charge on any atom is -0.310 e. The van der Waals surface area contributed by atoms with Gasteiger partial charge in [0.2, 0.25) is 6.71 Å². The molecule has 0 amide bonds. The number of hydrogen-bond donors (Lipinski definition) is 0. The Morgan fingerprint density at radius 3 is 1.32 bits per heavy atom. The molecule has 5 heteroatoms. The Labute approximate surface area is 452 Å². The van der Waals surface area contributed by atoms with E-state index in [1.54, 1.807) is 0 Å². The Bertz CT molecular complexity index is 4360. The first-order valence-electron chi connectivity index (χ1n) is 27.1. The molecule has 4 heterocycles. The van der Waals surface area contributed by atoms with Gasteiger partial charge in [-0.2, -0.15) is 0 Å². The molecular formula is C72H55BN3P. The molecule has 0 aliphatic carbocycles. The monoisotopic (exact) mass is 1000 g/mol. The summed E-state index contributed by atoms with van der Waals surface area (Å²) in [6.07, 6.45) is 0. The Morgan fingerprint density at radius 2 is 0.831 bits per heavy atom. The van der Waals surface area contributed by atoms with E-state index in [0.29, 0.717) is 0 Å². The summed E-state index contributed by atoms with van der Waals surface area (Å²) in [5.41, 5.74) is 23.6. The van der Waals surface area contributed by atoms with Crippen molar-refractivity contribution in [3.8, 4) is 33.6 Å². The van der Waals surface area contributed by atoms with Crippen LogP contribution in [0.5, 0.6) is 0 Å². The molecule has 2 aliphatic heterocycles. The van der Waals surface area contributed by atoms with Crippen molar-refractivity contribution in [3.05, 3.63) is 259 Å². The van der Waals surface area contributed by atoms with Crippen LogP contribution in [-0.4, -0.2) is 15.8 Å². The van der Waals surface area contributed by atoms with Crippen molar-refractivity contribution in [1.29, 1.82) is 0 Å². The molecule has 1 unspecified atom stereocenters. The predicted molar refractivity (Wildman–Crippen MR) is 332 cm³/mol. The molecule has 0 saturated heterocycles. The maximum Gasteiger partial charge on any atom is 0.248 e. The number of fused-ring (bicyclic) bond motifs is 10. The molecule has 11 aromatic carbocycles. The Hall–Kier alpha value is -8.69. The van der Waals surface area contributed by atoms with Crippen LogP contribution in [0.15, 0.2) is 243 Å². The van der Waals surface area contributed by atoms with Crippen LogP contribution in [0.4, 0.5) is 17.1 Å². The van der Waals surface area contributed by atoms with Crippen LogP contribution < -0.4 is 37.2 Å². The zero-order valence-electron chi connectivity index (χ0n) is 44.0. The van der Waals surface area contributed by atoms with Crippen molar-refractivity contribution in [1.82, 2.24) is 9.13 Å². The summed E-state index contributed by atoms with van der Waals surface area (Å²) in [5, 5.41) is 9.32. The minimum atomic E-state index is -1.08. The fourth-order valence-corrected chi connectivity index (χ4v) is 16.2. The van der Waals surface area contributed by atoms with E-state index >= 15 is 0 Å². The molecule has 0 radical (unpaired) electrons. The van der Waals surface area contributed by atoms with E-state index in [-0.39, 0.29) is 12.1 Å². The molecule has 77 heavy (non-hydrogen) atoms. The molecule has 0 bridgehead atoms. The van der Waals surface area contributed by atoms with Crippen LogP contribution in [0.2, 0.25) is 0 Å². The second-order valence-corrected chi connectivity index (χ2v) is 24.2. The van der Waals surface area contributed by atoms with E-state index < -0.39 is 7.92 Å². The summed E-state index contributed by atoms with van der Waals surface area (Å²) < 4.78 is 5.06. The second-order valence-electron chi connectivity index (χ2n) is 22.1. The molecule has 0 fully saturated rings. The van der Waals surface area contributed by atoms with Crippen molar-refractivity contribution in [2.75, 3.05) is 4.90 Å². The van der Waals surface area contributed by atoms with Crippen LogP contribution in [0.1, 0.15) is 37.5 Å². The zero-order valence-corrected chi connectivity index (χ0v) is 44.9. The highest BCUT2D eigenvalue weighted by molar-refractivity contribution is 7.81. The third-order valence-electron chi connectivity index (χ3n) is 16.8. The fourth-order valence-electron chi connectivity index (χ4n) is 13.3. The highest BCUT2D eigenvalue weighted by atomic mass is 31.1. The molecule has 15 rings (SSSR count). The normalized spacial score (nSPS) is 13.9. The molecule has 3 nitrogen and oxygen atoms in total. The minimum absolute atomic E-state index is 0.0569. The van der Waals surface area contributed by atoms with Crippen molar-refractivity contribution in [3.63, 3.8) is 0 Å². The number of rotatable bonds is 6. The first-order chi connectivity index (χ1) is 37.7. The van der Waals surface area contributed by atoms with Crippen molar-refractivity contribution < 1.29 is 0 Å². The van der Waals surface area contributed by atoms with Crippen molar-refractivity contribution >= 4 is 108 Å². The zero-order chi connectivity index (χ0) is 51.7. The van der Waals surface area contributed by atoms with Crippen LogP contribution in [-0.2, 0) is 5.41 Å². The number of anilines is 3. The van der Waals surface area contributed by atoms with Crippen molar-refractivity contribution in [2.24, 2.45) is 0 Å². The van der Waals surface area contributed by atoms with Gasteiger partial charge in [0.1, 0.15) is 0 Å². The quantitative estimate of drug-likeness (QED) is 0.120. The lowest BCUT2D eigenvalue weighted by molar-refractivity contribution is 0.591. The van der Waals surface area contributed by atoms with Gasteiger partial charge in [-0.1, -0.05) is 226 Å². The second kappa shape index (κ2) is 17.4. The molecule has 0 saturated carbocycles. The van der Waals surface area contributed by atoms with Crippen LogP contribution >= 0.6 is 7.92 Å². The van der Waals surface area contributed by atoms with Gasteiger partial charge in [0, 0.05) is 49.7 Å². The molecular weight excluding hydrogens is 949 g/mol. The lowest BCUT2D eigenvalue weighted by Gasteiger charge is -2.46. The summed E-state index contributed by atoms with van der Waals surface area (Å²) in [4.78, 5) is 2.74. The van der Waals surface area contributed by atoms with E-state index in [1.807, 2.05) is 0 Å². The van der Waals surface area contributed by atoms with E-state index in [1.165, 1.54) is 143 Å². The molecule has 13 aromatic rings. The molecule has 0 spiro atoms. The van der Waals surface area contributed by atoms with E-state index in [9.17, 15) is 0 Å². The predicted octanol–water partition coefficient (Wildman–Crippen LogP) is 15.5. The van der Waals surface area contributed by atoms with Crippen molar-refractivity contribution in [2.45, 2.75) is 40.0 Å². The van der Waals surface area contributed by atoms with Gasteiger partial charge in [0.15, 0.2) is 0 Å². The van der Waals surface area contributed by atoms with Crippen LogP contribution in [0.25, 0.3) is 77.2 Å². The third kappa shape index (κ3) is 6.81. The highest BCUT2D eigenvalue weighted by Crippen LogP contribution is 2.51. The Morgan fingerprint density at radius 1 is 0.390 bits per heavy atom. The average molecular weight is 1000 g/mol. The standard InChI is InChI=1S/C72H55BN3P/c1-46-60(74-62-36-19-15-30-54(62)55-31-16-20-37-63(55)74)42-40-58-69(46)76(70-52(48-24-9-6-10-25-48)34-23-35-53(70)49-26-11-7-12-27-49)66-44-50(72(3,4)5)45-67-68(66)73(58)59-41-43-61(47(2)71(59)77(67)51-28-13-8-14-29-51)75-64-38-21-17-32-56(64)57-33-18-22-39-65(57)75/h6-45H,1-5H3. The van der Waals surface area contributed by atoms with Gasteiger partial charge in [-0.05, 0) is 124 Å². The smallest absolute Gasteiger partial charge is 0.248 e. The molecule has 1 atom stereocenters. The number of benzene rings is 11. The highest BCUT2D eigenvalue weighted by Gasteiger charge is 2.47.